The Hall–Kier alpha value is -3.78. The van der Waals surface area contributed by atoms with Crippen molar-refractivity contribution in [2.24, 2.45) is 0 Å². The highest BCUT2D eigenvalue weighted by Gasteiger charge is 2.14. The zero-order chi connectivity index (χ0) is 21.0. The fourth-order valence-electron chi connectivity index (χ4n) is 2.80. The van der Waals surface area contributed by atoms with Gasteiger partial charge in [0.2, 0.25) is 5.95 Å². The van der Waals surface area contributed by atoms with Crippen molar-refractivity contribution in [3.05, 3.63) is 90.8 Å². The predicted octanol–water partition coefficient (Wildman–Crippen LogP) is 4.39. The van der Waals surface area contributed by atoms with Crippen molar-refractivity contribution in [1.29, 1.82) is 0 Å². The number of pyridine rings is 1. The number of hydrogen-bond acceptors (Lipinski definition) is 6. The average Bonchev–Trinajstić information content (AvgIpc) is 2.75. The molecule has 0 bridgehead atoms. The zero-order valence-corrected chi connectivity index (χ0v) is 17.0. The van der Waals surface area contributed by atoms with Crippen molar-refractivity contribution in [2.45, 2.75) is 11.8 Å². The first-order chi connectivity index (χ1) is 14.5. The first kappa shape index (κ1) is 19.5. The molecule has 7 nitrogen and oxygen atoms in total. The van der Waals surface area contributed by atoms with Crippen LogP contribution in [0.4, 0.5) is 17.3 Å². The molecule has 30 heavy (non-hydrogen) atoms. The quantitative estimate of drug-likeness (QED) is 0.483. The van der Waals surface area contributed by atoms with Crippen molar-refractivity contribution in [3.8, 4) is 11.4 Å². The molecule has 0 amide bonds. The highest BCUT2D eigenvalue weighted by Crippen LogP contribution is 2.22. The summed E-state index contributed by atoms with van der Waals surface area (Å²) < 4.78 is 27.8. The second kappa shape index (κ2) is 8.30. The molecule has 2 aromatic heterocycles. The Morgan fingerprint density at radius 3 is 2.33 bits per heavy atom. The minimum absolute atomic E-state index is 0.206. The van der Waals surface area contributed by atoms with Crippen molar-refractivity contribution < 1.29 is 8.42 Å². The van der Waals surface area contributed by atoms with Gasteiger partial charge in [-0.15, -0.1) is 0 Å². The maximum absolute atomic E-state index is 12.6. The topological polar surface area (TPSA) is 96.9 Å². The third-order valence-corrected chi connectivity index (χ3v) is 5.68. The largest absolute Gasteiger partial charge is 0.324 e. The molecule has 0 saturated carbocycles. The molecule has 150 valence electrons. The van der Waals surface area contributed by atoms with Gasteiger partial charge in [0.25, 0.3) is 10.0 Å². The summed E-state index contributed by atoms with van der Waals surface area (Å²) in [6.07, 6.45) is 3.34. The number of anilines is 3. The summed E-state index contributed by atoms with van der Waals surface area (Å²) in [6, 6.07) is 21.0. The molecular weight excluding hydrogens is 398 g/mol. The normalized spacial score (nSPS) is 11.1. The molecule has 0 spiro atoms. The van der Waals surface area contributed by atoms with E-state index in [9.17, 15) is 8.42 Å². The third kappa shape index (κ3) is 4.61. The van der Waals surface area contributed by atoms with Gasteiger partial charge in [0.1, 0.15) is 0 Å². The van der Waals surface area contributed by atoms with Gasteiger partial charge in [-0.05, 0) is 55.5 Å². The first-order valence-corrected chi connectivity index (χ1v) is 10.7. The molecule has 0 aliphatic carbocycles. The van der Waals surface area contributed by atoms with Gasteiger partial charge in [0, 0.05) is 18.1 Å². The predicted molar refractivity (Wildman–Crippen MR) is 117 cm³/mol. The number of sulfonamides is 1. The Balaban J connectivity index is 1.54. The van der Waals surface area contributed by atoms with Gasteiger partial charge in [-0.25, -0.2) is 18.4 Å². The van der Waals surface area contributed by atoms with Crippen LogP contribution in [0.1, 0.15) is 5.56 Å². The molecule has 8 heteroatoms. The maximum atomic E-state index is 12.6. The molecular formula is C22H19N5O2S. The highest BCUT2D eigenvalue weighted by molar-refractivity contribution is 7.92. The lowest BCUT2D eigenvalue weighted by atomic mass is 10.2. The van der Waals surface area contributed by atoms with E-state index in [-0.39, 0.29) is 4.90 Å². The third-order valence-electron chi connectivity index (χ3n) is 4.29. The van der Waals surface area contributed by atoms with Gasteiger partial charge in [-0.2, -0.15) is 0 Å². The molecule has 0 aliphatic rings. The van der Waals surface area contributed by atoms with E-state index in [0.717, 1.165) is 11.3 Å². The molecule has 0 fully saturated rings. The van der Waals surface area contributed by atoms with Crippen LogP contribution in [0, 0.1) is 6.92 Å². The molecule has 0 saturated heterocycles. The molecule has 2 N–H and O–H groups in total. The Labute approximate surface area is 174 Å². The standard InChI is InChI=1S/C22H19N5O2S/c1-16-8-10-19(11-9-16)30(28,29)27-18-6-4-5-17(15-18)25-22-24-14-12-21(26-22)20-7-2-3-13-23-20/h2-15,27H,1H3,(H,24,25,26). The Kier molecular flexibility index (Phi) is 5.40. The number of nitrogens with one attached hydrogen (secondary N) is 2. The van der Waals surface area contributed by atoms with Crippen LogP contribution in [0.3, 0.4) is 0 Å². The van der Waals surface area contributed by atoms with Crippen LogP contribution in [0.15, 0.2) is 90.1 Å². The Morgan fingerprint density at radius 1 is 0.767 bits per heavy atom. The van der Waals surface area contributed by atoms with Gasteiger partial charge in [-0.1, -0.05) is 29.8 Å². The fourth-order valence-corrected chi connectivity index (χ4v) is 3.85. The second-order valence-electron chi connectivity index (χ2n) is 6.60. The summed E-state index contributed by atoms with van der Waals surface area (Å²) in [5.41, 5.74) is 3.50. The van der Waals surface area contributed by atoms with E-state index in [1.54, 1.807) is 67.0 Å². The number of nitrogens with zero attached hydrogens (tertiary/aromatic N) is 3. The molecule has 4 aromatic rings. The van der Waals surface area contributed by atoms with Gasteiger partial charge >= 0.3 is 0 Å². The number of rotatable bonds is 6. The van der Waals surface area contributed by atoms with Crippen LogP contribution >= 0.6 is 0 Å². The van der Waals surface area contributed by atoms with E-state index < -0.39 is 10.0 Å². The summed E-state index contributed by atoms with van der Waals surface area (Å²) in [5, 5.41) is 3.10. The summed E-state index contributed by atoms with van der Waals surface area (Å²) in [5.74, 6) is 0.386. The number of aryl methyl sites for hydroxylation is 1. The minimum Gasteiger partial charge on any atom is -0.324 e. The van der Waals surface area contributed by atoms with Crippen LogP contribution in [0.5, 0.6) is 0 Å². The molecule has 0 radical (unpaired) electrons. The SMILES string of the molecule is Cc1ccc(S(=O)(=O)Nc2cccc(Nc3nccc(-c4ccccn4)n3)c2)cc1. The summed E-state index contributed by atoms with van der Waals surface area (Å²) in [6.45, 7) is 1.91. The van der Waals surface area contributed by atoms with E-state index in [4.69, 9.17) is 0 Å². The molecule has 0 aliphatic heterocycles. The Bertz CT molecular complexity index is 1260. The van der Waals surface area contributed by atoms with E-state index in [2.05, 4.69) is 25.0 Å². The molecule has 0 atom stereocenters. The highest BCUT2D eigenvalue weighted by atomic mass is 32.2. The summed E-state index contributed by atoms with van der Waals surface area (Å²) in [4.78, 5) is 13.2. The van der Waals surface area contributed by atoms with Crippen LogP contribution in [-0.4, -0.2) is 23.4 Å². The molecule has 0 unspecified atom stereocenters. The van der Waals surface area contributed by atoms with E-state index in [1.165, 1.54) is 0 Å². The van der Waals surface area contributed by atoms with Crippen molar-refractivity contribution >= 4 is 27.3 Å². The maximum Gasteiger partial charge on any atom is 0.261 e. The van der Waals surface area contributed by atoms with Crippen molar-refractivity contribution in [2.75, 3.05) is 10.0 Å². The molecule has 4 rings (SSSR count). The number of hydrogen-bond donors (Lipinski definition) is 2. The fraction of sp³-hybridized carbons (Fsp3) is 0.0455. The summed E-state index contributed by atoms with van der Waals surface area (Å²) in [7, 11) is -3.68. The lowest BCUT2D eigenvalue weighted by Crippen LogP contribution is -2.13. The zero-order valence-electron chi connectivity index (χ0n) is 16.1. The smallest absolute Gasteiger partial charge is 0.261 e. The minimum atomic E-state index is -3.68. The summed E-state index contributed by atoms with van der Waals surface area (Å²) >= 11 is 0. The lowest BCUT2D eigenvalue weighted by Gasteiger charge is -2.11. The lowest BCUT2D eigenvalue weighted by molar-refractivity contribution is 0.601. The number of benzene rings is 2. The van der Waals surface area contributed by atoms with E-state index in [0.29, 0.717) is 23.0 Å². The van der Waals surface area contributed by atoms with Crippen molar-refractivity contribution in [3.63, 3.8) is 0 Å². The van der Waals surface area contributed by atoms with Gasteiger partial charge in [-0.3, -0.25) is 9.71 Å². The van der Waals surface area contributed by atoms with Gasteiger partial charge < -0.3 is 5.32 Å². The van der Waals surface area contributed by atoms with Gasteiger partial charge in [0.05, 0.1) is 22.0 Å². The van der Waals surface area contributed by atoms with Crippen LogP contribution < -0.4 is 10.0 Å². The molecule has 2 heterocycles. The number of aromatic nitrogens is 3. The van der Waals surface area contributed by atoms with E-state index >= 15 is 0 Å². The Morgan fingerprint density at radius 2 is 1.57 bits per heavy atom. The first-order valence-electron chi connectivity index (χ1n) is 9.21. The van der Waals surface area contributed by atoms with E-state index in [1.807, 2.05) is 25.1 Å². The monoisotopic (exact) mass is 417 g/mol. The van der Waals surface area contributed by atoms with Crippen LogP contribution in [0.25, 0.3) is 11.4 Å². The van der Waals surface area contributed by atoms with Crippen LogP contribution in [0.2, 0.25) is 0 Å². The van der Waals surface area contributed by atoms with Gasteiger partial charge in [0.15, 0.2) is 0 Å². The molecule has 2 aromatic carbocycles. The average molecular weight is 417 g/mol. The second-order valence-corrected chi connectivity index (χ2v) is 8.29. The van der Waals surface area contributed by atoms with Crippen LogP contribution in [-0.2, 0) is 10.0 Å². The van der Waals surface area contributed by atoms with Crippen molar-refractivity contribution in [1.82, 2.24) is 15.0 Å².